The number of nitrogens with zero attached hydrogens (tertiary/aromatic N) is 2. The molecule has 2 rings (SSSR count). The van der Waals surface area contributed by atoms with Gasteiger partial charge in [-0.2, -0.15) is 0 Å². The molecule has 1 unspecified atom stereocenters. The van der Waals surface area contributed by atoms with Gasteiger partial charge in [0.2, 0.25) is 0 Å². The van der Waals surface area contributed by atoms with Gasteiger partial charge in [0.25, 0.3) is 0 Å². The van der Waals surface area contributed by atoms with Gasteiger partial charge in [-0.25, -0.2) is 9.37 Å². The number of aryl methyl sites for hydroxylation is 1. The molecule has 3 nitrogen and oxygen atoms in total. The fourth-order valence-corrected chi connectivity index (χ4v) is 2.54. The van der Waals surface area contributed by atoms with Gasteiger partial charge in [0, 0.05) is 42.6 Å². The fourth-order valence-electron chi connectivity index (χ4n) is 1.65. The first-order valence-electron chi connectivity index (χ1n) is 5.75. The molecule has 1 heterocycles. The van der Waals surface area contributed by atoms with Crippen LogP contribution in [-0.4, -0.2) is 21.3 Å². The lowest BCUT2D eigenvalue weighted by Gasteiger charge is -2.11. The minimum Gasteiger partial charge on any atom is -0.338 e. The summed E-state index contributed by atoms with van der Waals surface area (Å²) >= 11 is 1.57. The maximum absolute atomic E-state index is 13.0. The molecule has 96 valence electrons. The molecule has 0 aliphatic heterocycles. The van der Waals surface area contributed by atoms with E-state index in [-0.39, 0.29) is 11.9 Å². The van der Waals surface area contributed by atoms with Crippen molar-refractivity contribution in [2.75, 3.05) is 5.75 Å². The van der Waals surface area contributed by atoms with Crippen molar-refractivity contribution in [3.8, 4) is 0 Å². The summed E-state index contributed by atoms with van der Waals surface area (Å²) in [5, 5.41) is 0. The summed E-state index contributed by atoms with van der Waals surface area (Å²) in [6, 6.07) is 6.58. The largest absolute Gasteiger partial charge is 0.338 e. The normalized spacial score (nSPS) is 12.6. The van der Waals surface area contributed by atoms with Gasteiger partial charge in [0.05, 0.1) is 0 Å². The van der Waals surface area contributed by atoms with E-state index in [1.807, 2.05) is 23.9 Å². The molecule has 1 aromatic heterocycles. The number of nitrogens with two attached hydrogens (primary N) is 1. The van der Waals surface area contributed by atoms with E-state index in [1.54, 1.807) is 24.0 Å². The Labute approximate surface area is 110 Å². The van der Waals surface area contributed by atoms with Crippen molar-refractivity contribution in [3.05, 3.63) is 48.3 Å². The molecule has 1 atom stereocenters. The van der Waals surface area contributed by atoms with Crippen molar-refractivity contribution >= 4 is 11.8 Å². The van der Waals surface area contributed by atoms with Crippen LogP contribution in [0.25, 0.3) is 0 Å². The molecule has 2 aromatic rings. The third-order valence-corrected chi connectivity index (χ3v) is 3.81. The number of rotatable bonds is 5. The van der Waals surface area contributed by atoms with Crippen LogP contribution in [0.1, 0.15) is 5.82 Å². The Morgan fingerprint density at radius 2 is 2.33 bits per heavy atom. The standard InChI is InChI=1S/C13H16FN3S/c1-17-6-5-16-13(17)8-11(15)9-18-12-4-2-3-10(14)7-12/h2-7,11H,8-9,15H2,1H3. The second-order valence-corrected chi connectivity index (χ2v) is 5.28. The van der Waals surface area contributed by atoms with E-state index in [2.05, 4.69) is 4.98 Å². The van der Waals surface area contributed by atoms with E-state index in [0.29, 0.717) is 0 Å². The lowest BCUT2D eigenvalue weighted by atomic mass is 10.2. The fraction of sp³-hybridized carbons (Fsp3) is 0.308. The van der Waals surface area contributed by atoms with Crippen LogP contribution in [0.3, 0.4) is 0 Å². The molecule has 0 radical (unpaired) electrons. The Morgan fingerprint density at radius 3 is 3.00 bits per heavy atom. The summed E-state index contributed by atoms with van der Waals surface area (Å²) < 4.78 is 15.0. The zero-order valence-corrected chi connectivity index (χ0v) is 11.0. The highest BCUT2D eigenvalue weighted by molar-refractivity contribution is 7.99. The Bertz CT molecular complexity index is 512. The number of aromatic nitrogens is 2. The van der Waals surface area contributed by atoms with Crippen LogP contribution in [-0.2, 0) is 13.5 Å². The second kappa shape index (κ2) is 6.02. The van der Waals surface area contributed by atoms with Crippen LogP contribution in [0.4, 0.5) is 4.39 Å². The summed E-state index contributed by atoms with van der Waals surface area (Å²) in [6.07, 6.45) is 4.40. The number of halogens is 1. The Hall–Kier alpha value is -1.33. The minimum atomic E-state index is -0.210. The first-order chi connectivity index (χ1) is 8.65. The number of benzene rings is 1. The van der Waals surface area contributed by atoms with Crippen molar-refractivity contribution in [2.45, 2.75) is 17.4 Å². The predicted octanol–water partition coefficient (Wildman–Crippen LogP) is 2.22. The molecule has 0 aliphatic carbocycles. The van der Waals surface area contributed by atoms with Crippen LogP contribution in [0.15, 0.2) is 41.6 Å². The molecule has 1 aromatic carbocycles. The van der Waals surface area contributed by atoms with E-state index < -0.39 is 0 Å². The molecule has 0 spiro atoms. The van der Waals surface area contributed by atoms with Crippen LogP contribution >= 0.6 is 11.8 Å². The van der Waals surface area contributed by atoms with E-state index in [4.69, 9.17) is 5.73 Å². The zero-order chi connectivity index (χ0) is 13.0. The summed E-state index contributed by atoms with van der Waals surface area (Å²) in [4.78, 5) is 5.15. The molecule has 0 fully saturated rings. The monoisotopic (exact) mass is 265 g/mol. The first kappa shape index (κ1) is 13.1. The second-order valence-electron chi connectivity index (χ2n) is 4.19. The van der Waals surface area contributed by atoms with Crippen LogP contribution < -0.4 is 5.73 Å². The van der Waals surface area contributed by atoms with Gasteiger partial charge in [-0.05, 0) is 18.2 Å². The number of hydrogen-bond donors (Lipinski definition) is 1. The SMILES string of the molecule is Cn1ccnc1CC(N)CSc1cccc(F)c1. The predicted molar refractivity (Wildman–Crippen MR) is 72.0 cm³/mol. The highest BCUT2D eigenvalue weighted by Gasteiger charge is 2.08. The quantitative estimate of drug-likeness (QED) is 0.843. The molecule has 18 heavy (non-hydrogen) atoms. The van der Waals surface area contributed by atoms with E-state index in [0.717, 1.165) is 22.9 Å². The first-order valence-corrected chi connectivity index (χ1v) is 6.74. The van der Waals surface area contributed by atoms with Gasteiger partial charge >= 0.3 is 0 Å². The Balaban J connectivity index is 1.85. The average molecular weight is 265 g/mol. The highest BCUT2D eigenvalue weighted by Crippen LogP contribution is 2.19. The number of thioether (sulfide) groups is 1. The lowest BCUT2D eigenvalue weighted by Crippen LogP contribution is -2.26. The zero-order valence-electron chi connectivity index (χ0n) is 10.2. The molecule has 0 aliphatic rings. The number of hydrogen-bond acceptors (Lipinski definition) is 3. The van der Waals surface area contributed by atoms with Gasteiger partial charge in [0.1, 0.15) is 11.6 Å². The summed E-state index contributed by atoms with van der Waals surface area (Å²) in [5.74, 6) is 1.51. The highest BCUT2D eigenvalue weighted by atomic mass is 32.2. The van der Waals surface area contributed by atoms with Gasteiger partial charge < -0.3 is 10.3 Å². The van der Waals surface area contributed by atoms with Crippen molar-refractivity contribution in [1.29, 1.82) is 0 Å². The van der Waals surface area contributed by atoms with Crippen molar-refractivity contribution in [1.82, 2.24) is 9.55 Å². The van der Waals surface area contributed by atoms with Gasteiger partial charge in [-0.3, -0.25) is 0 Å². The molecule has 0 saturated carbocycles. The molecule has 5 heteroatoms. The topological polar surface area (TPSA) is 43.8 Å². The summed E-state index contributed by atoms with van der Waals surface area (Å²) in [5.41, 5.74) is 6.05. The van der Waals surface area contributed by atoms with Crippen LogP contribution in [0, 0.1) is 5.82 Å². The molecule has 2 N–H and O–H groups in total. The van der Waals surface area contributed by atoms with E-state index >= 15 is 0 Å². The van der Waals surface area contributed by atoms with E-state index in [9.17, 15) is 4.39 Å². The Kier molecular flexibility index (Phi) is 4.38. The third kappa shape index (κ3) is 3.58. The Morgan fingerprint density at radius 1 is 1.50 bits per heavy atom. The molecule has 0 bridgehead atoms. The minimum absolute atomic E-state index is 0.0133. The van der Waals surface area contributed by atoms with Gasteiger partial charge in [-0.1, -0.05) is 6.07 Å². The van der Waals surface area contributed by atoms with Crippen molar-refractivity contribution < 1.29 is 4.39 Å². The lowest BCUT2D eigenvalue weighted by molar-refractivity contribution is 0.624. The van der Waals surface area contributed by atoms with Gasteiger partial charge in [-0.15, -0.1) is 11.8 Å². The molecule has 0 amide bonds. The molecular formula is C13H16FN3S. The smallest absolute Gasteiger partial charge is 0.124 e. The molecular weight excluding hydrogens is 249 g/mol. The number of imidazole rings is 1. The maximum Gasteiger partial charge on any atom is 0.124 e. The summed E-state index contributed by atoms with van der Waals surface area (Å²) in [7, 11) is 1.95. The van der Waals surface area contributed by atoms with Crippen LogP contribution in [0.5, 0.6) is 0 Å². The van der Waals surface area contributed by atoms with Crippen molar-refractivity contribution in [3.63, 3.8) is 0 Å². The van der Waals surface area contributed by atoms with E-state index in [1.165, 1.54) is 12.1 Å². The van der Waals surface area contributed by atoms with Crippen molar-refractivity contribution in [2.24, 2.45) is 12.8 Å². The average Bonchev–Trinajstić information content (AvgIpc) is 2.73. The van der Waals surface area contributed by atoms with Gasteiger partial charge in [0.15, 0.2) is 0 Å². The third-order valence-electron chi connectivity index (χ3n) is 2.63. The molecule has 0 saturated heterocycles. The van der Waals surface area contributed by atoms with Crippen LogP contribution in [0.2, 0.25) is 0 Å². The summed E-state index contributed by atoms with van der Waals surface area (Å²) in [6.45, 7) is 0. The maximum atomic E-state index is 13.0.